The maximum absolute atomic E-state index is 14.1. The minimum Gasteiger partial charge on any atom is -0.317 e. The first kappa shape index (κ1) is 19.1. The van der Waals surface area contributed by atoms with Crippen molar-refractivity contribution in [3.63, 3.8) is 0 Å². The largest absolute Gasteiger partial charge is 0.317 e. The molecular formula is C14H22FN3O4S2. The van der Waals surface area contributed by atoms with E-state index in [0.717, 1.165) is 25.2 Å². The normalized spacial score (nSPS) is 16.9. The molecule has 1 aromatic carbocycles. The molecule has 0 aliphatic carbocycles. The molecule has 136 valence electrons. The van der Waals surface area contributed by atoms with E-state index in [9.17, 15) is 21.2 Å². The molecule has 10 heteroatoms. The Labute approximate surface area is 142 Å². The average Bonchev–Trinajstić information content (AvgIpc) is 2.49. The summed E-state index contributed by atoms with van der Waals surface area (Å²) in [5.74, 6) is -1.06. The van der Waals surface area contributed by atoms with E-state index in [1.54, 1.807) is 6.92 Å². The number of hydrogen-bond acceptors (Lipinski definition) is 5. The Balaban J connectivity index is 2.15. The SMILES string of the molecule is CCCS(=O)(=O)Nc1ccc(S(=O)(=O)NC2CCNCC2)cc1F. The highest BCUT2D eigenvalue weighted by Crippen LogP contribution is 2.21. The van der Waals surface area contributed by atoms with Crippen molar-refractivity contribution in [2.75, 3.05) is 23.6 Å². The number of rotatable bonds is 7. The van der Waals surface area contributed by atoms with Crippen LogP contribution < -0.4 is 14.8 Å². The lowest BCUT2D eigenvalue weighted by Crippen LogP contribution is -2.42. The van der Waals surface area contributed by atoms with Gasteiger partial charge in [-0.3, -0.25) is 4.72 Å². The summed E-state index contributed by atoms with van der Waals surface area (Å²) in [6.07, 6.45) is 1.72. The third-order valence-corrected chi connectivity index (χ3v) is 6.64. The number of sulfonamides is 2. The summed E-state index contributed by atoms with van der Waals surface area (Å²) < 4.78 is 66.8. The summed E-state index contributed by atoms with van der Waals surface area (Å²) in [5.41, 5.74) is -0.260. The Kier molecular flexibility index (Phi) is 6.18. The zero-order valence-electron chi connectivity index (χ0n) is 13.4. The van der Waals surface area contributed by atoms with Crippen LogP contribution in [0.5, 0.6) is 0 Å². The predicted octanol–water partition coefficient (Wildman–Crippen LogP) is 1.01. The summed E-state index contributed by atoms with van der Waals surface area (Å²) in [7, 11) is -7.49. The van der Waals surface area contributed by atoms with Crippen LogP contribution in [0, 0.1) is 5.82 Å². The van der Waals surface area contributed by atoms with Crippen LogP contribution in [0.15, 0.2) is 23.1 Å². The van der Waals surface area contributed by atoms with E-state index in [2.05, 4.69) is 14.8 Å². The molecule has 0 bridgehead atoms. The zero-order valence-corrected chi connectivity index (χ0v) is 15.0. The second-order valence-corrected chi connectivity index (χ2v) is 9.26. The lowest BCUT2D eigenvalue weighted by atomic mass is 10.1. The van der Waals surface area contributed by atoms with Crippen molar-refractivity contribution in [3.05, 3.63) is 24.0 Å². The maximum Gasteiger partial charge on any atom is 0.240 e. The van der Waals surface area contributed by atoms with Gasteiger partial charge >= 0.3 is 0 Å². The highest BCUT2D eigenvalue weighted by Gasteiger charge is 2.23. The van der Waals surface area contributed by atoms with E-state index in [1.807, 2.05) is 0 Å². The van der Waals surface area contributed by atoms with Crippen LogP contribution in [0.3, 0.4) is 0 Å². The first-order valence-electron chi connectivity index (χ1n) is 7.76. The molecule has 0 unspecified atom stereocenters. The van der Waals surface area contributed by atoms with E-state index in [0.29, 0.717) is 19.3 Å². The topological polar surface area (TPSA) is 104 Å². The molecule has 0 radical (unpaired) electrons. The lowest BCUT2D eigenvalue weighted by molar-refractivity contribution is 0.427. The van der Waals surface area contributed by atoms with Gasteiger partial charge < -0.3 is 5.32 Å². The molecule has 0 aromatic heterocycles. The van der Waals surface area contributed by atoms with Gasteiger partial charge in [-0.1, -0.05) is 6.92 Å². The summed E-state index contributed by atoms with van der Waals surface area (Å²) in [6, 6.07) is 2.95. The zero-order chi connectivity index (χ0) is 17.8. The van der Waals surface area contributed by atoms with Crippen molar-refractivity contribution >= 4 is 25.7 Å². The van der Waals surface area contributed by atoms with Gasteiger partial charge in [0, 0.05) is 6.04 Å². The highest BCUT2D eigenvalue weighted by molar-refractivity contribution is 7.92. The van der Waals surface area contributed by atoms with Crippen LogP contribution >= 0.6 is 0 Å². The fourth-order valence-electron chi connectivity index (χ4n) is 2.46. The standard InChI is InChI=1S/C14H22FN3O4S2/c1-2-9-23(19,20)18-14-4-3-12(10-13(14)15)24(21,22)17-11-5-7-16-8-6-11/h3-4,10-11,16-18H,2,5-9H2,1H3. The minimum absolute atomic E-state index is 0.135. The fourth-order valence-corrected chi connectivity index (χ4v) is 4.92. The molecule has 0 atom stereocenters. The Morgan fingerprint density at radius 1 is 1.21 bits per heavy atom. The molecule has 1 fully saturated rings. The Bertz CT molecular complexity index is 775. The van der Waals surface area contributed by atoms with E-state index < -0.39 is 25.9 Å². The van der Waals surface area contributed by atoms with Crippen LogP contribution in [-0.2, 0) is 20.0 Å². The molecule has 1 aliphatic heterocycles. The van der Waals surface area contributed by atoms with Gasteiger partial charge in [-0.05, 0) is 50.6 Å². The Morgan fingerprint density at radius 3 is 2.46 bits per heavy atom. The molecule has 2 rings (SSSR count). The molecule has 1 heterocycles. The monoisotopic (exact) mass is 379 g/mol. The van der Waals surface area contributed by atoms with Gasteiger partial charge in [-0.25, -0.2) is 25.9 Å². The van der Waals surface area contributed by atoms with Crippen molar-refractivity contribution in [2.45, 2.75) is 37.1 Å². The molecule has 7 nitrogen and oxygen atoms in total. The van der Waals surface area contributed by atoms with Crippen molar-refractivity contribution in [3.8, 4) is 0 Å². The van der Waals surface area contributed by atoms with Gasteiger partial charge in [0.15, 0.2) is 0 Å². The van der Waals surface area contributed by atoms with Gasteiger partial charge in [0.05, 0.1) is 16.3 Å². The number of anilines is 1. The van der Waals surface area contributed by atoms with Crippen molar-refractivity contribution in [1.29, 1.82) is 0 Å². The van der Waals surface area contributed by atoms with Crippen LogP contribution in [0.1, 0.15) is 26.2 Å². The van der Waals surface area contributed by atoms with Crippen molar-refractivity contribution in [2.24, 2.45) is 0 Å². The third-order valence-electron chi connectivity index (χ3n) is 3.65. The average molecular weight is 379 g/mol. The fraction of sp³-hybridized carbons (Fsp3) is 0.571. The van der Waals surface area contributed by atoms with E-state index in [1.165, 1.54) is 6.07 Å². The number of nitrogens with one attached hydrogen (secondary N) is 3. The summed E-state index contributed by atoms with van der Waals surface area (Å²) >= 11 is 0. The highest BCUT2D eigenvalue weighted by atomic mass is 32.2. The molecule has 1 saturated heterocycles. The second kappa shape index (κ2) is 7.77. The summed E-state index contributed by atoms with van der Waals surface area (Å²) in [6.45, 7) is 3.14. The molecule has 1 aromatic rings. The summed E-state index contributed by atoms with van der Waals surface area (Å²) in [5, 5.41) is 3.13. The van der Waals surface area contributed by atoms with Crippen LogP contribution in [0.2, 0.25) is 0 Å². The van der Waals surface area contributed by atoms with Gasteiger partial charge in [0.1, 0.15) is 5.82 Å². The molecular weight excluding hydrogens is 357 g/mol. The lowest BCUT2D eigenvalue weighted by Gasteiger charge is -2.23. The van der Waals surface area contributed by atoms with Crippen molar-refractivity contribution < 1.29 is 21.2 Å². The number of piperidine rings is 1. The van der Waals surface area contributed by atoms with Crippen LogP contribution in [0.25, 0.3) is 0 Å². The van der Waals surface area contributed by atoms with Gasteiger partial charge in [-0.15, -0.1) is 0 Å². The summed E-state index contributed by atoms with van der Waals surface area (Å²) in [4.78, 5) is -0.225. The first-order chi connectivity index (χ1) is 11.2. The van der Waals surface area contributed by atoms with E-state index in [4.69, 9.17) is 0 Å². The van der Waals surface area contributed by atoms with Gasteiger partial charge in [-0.2, -0.15) is 0 Å². The van der Waals surface area contributed by atoms with E-state index >= 15 is 0 Å². The molecule has 0 saturated carbocycles. The second-order valence-electron chi connectivity index (χ2n) is 5.71. The maximum atomic E-state index is 14.1. The van der Waals surface area contributed by atoms with E-state index in [-0.39, 0.29) is 22.4 Å². The number of benzene rings is 1. The Hall–Kier alpha value is -1.23. The molecule has 0 spiro atoms. The molecule has 24 heavy (non-hydrogen) atoms. The van der Waals surface area contributed by atoms with Gasteiger partial charge in [0.25, 0.3) is 0 Å². The number of hydrogen-bond donors (Lipinski definition) is 3. The first-order valence-corrected chi connectivity index (χ1v) is 10.9. The minimum atomic E-state index is -3.85. The number of halogens is 1. The quantitative estimate of drug-likeness (QED) is 0.656. The Morgan fingerprint density at radius 2 is 1.88 bits per heavy atom. The smallest absolute Gasteiger partial charge is 0.240 e. The van der Waals surface area contributed by atoms with Crippen LogP contribution in [0.4, 0.5) is 10.1 Å². The molecule has 0 amide bonds. The van der Waals surface area contributed by atoms with Crippen LogP contribution in [-0.4, -0.2) is 41.7 Å². The van der Waals surface area contributed by atoms with Gasteiger partial charge in [0.2, 0.25) is 20.0 Å². The third kappa shape index (κ3) is 5.13. The predicted molar refractivity (Wildman–Crippen MR) is 90.3 cm³/mol. The molecule has 1 aliphatic rings. The van der Waals surface area contributed by atoms with Crippen molar-refractivity contribution in [1.82, 2.24) is 10.0 Å². The molecule has 3 N–H and O–H groups in total.